The molecule has 0 aliphatic heterocycles. The molecule has 0 heterocycles. The number of hydrogen-bond acceptors (Lipinski definition) is 2. The minimum atomic E-state index is -0.430. The fraction of sp³-hybridized carbons (Fsp3) is 0.125. The van der Waals surface area contributed by atoms with Crippen molar-refractivity contribution in [3.8, 4) is 0 Å². The standard InChI is InChI=1S/C8H7FOS/c9-6-11-8-3-1-7(5-10)2-4-8/h1-5H,6H2. The minimum Gasteiger partial charge on any atom is -0.298 e. The fourth-order valence-electron chi connectivity index (χ4n) is 0.706. The number of aldehydes is 1. The van der Waals surface area contributed by atoms with Gasteiger partial charge in [0.2, 0.25) is 0 Å². The van der Waals surface area contributed by atoms with Gasteiger partial charge in [0.05, 0.1) is 0 Å². The summed E-state index contributed by atoms with van der Waals surface area (Å²) in [5, 5.41) is 0. The molecule has 0 fully saturated rings. The SMILES string of the molecule is O=Cc1ccc(SCF)cc1. The van der Waals surface area contributed by atoms with Crippen molar-refractivity contribution in [3.05, 3.63) is 29.8 Å². The van der Waals surface area contributed by atoms with Gasteiger partial charge in [0, 0.05) is 10.5 Å². The maximum Gasteiger partial charge on any atom is 0.150 e. The lowest BCUT2D eigenvalue weighted by Gasteiger charge is -1.95. The Morgan fingerprint density at radius 2 is 2.00 bits per heavy atom. The Bertz CT molecular complexity index is 232. The molecule has 1 aromatic rings. The van der Waals surface area contributed by atoms with Crippen LogP contribution in [0.4, 0.5) is 4.39 Å². The van der Waals surface area contributed by atoms with Crippen LogP contribution in [0.2, 0.25) is 0 Å². The molecule has 0 aliphatic carbocycles. The Morgan fingerprint density at radius 3 is 2.45 bits per heavy atom. The number of carbonyl (C=O) groups excluding carboxylic acids is 1. The van der Waals surface area contributed by atoms with E-state index >= 15 is 0 Å². The summed E-state index contributed by atoms with van der Waals surface area (Å²) in [4.78, 5) is 11.0. The van der Waals surface area contributed by atoms with Crippen LogP contribution in [-0.4, -0.2) is 12.3 Å². The predicted molar refractivity (Wildman–Crippen MR) is 43.7 cm³/mol. The van der Waals surface area contributed by atoms with Crippen molar-refractivity contribution < 1.29 is 9.18 Å². The van der Waals surface area contributed by atoms with Gasteiger partial charge in [0.1, 0.15) is 12.3 Å². The van der Waals surface area contributed by atoms with Gasteiger partial charge in [-0.05, 0) is 12.1 Å². The molecule has 0 spiro atoms. The summed E-state index contributed by atoms with van der Waals surface area (Å²) in [7, 11) is 0. The van der Waals surface area contributed by atoms with Crippen LogP contribution in [0.3, 0.4) is 0 Å². The number of alkyl halides is 1. The van der Waals surface area contributed by atoms with E-state index in [1.165, 1.54) is 0 Å². The highest BCUT2D eigenvalue weighted by Crippen LogP contribution is 2.17. The van der Waals surface area contributed by atoms with E-state index in [9.17, 15) is 9.18 Å². The first kappa shape index (κ1) is 8.27. The average Bonchev–Trinajstić information content (AvgIpc) is 2.07. The summed E-state index contributed by atoms with van der Waals surface area (Å²) < 4.78 is 11.8. The van der Waals surface area contributed by atoms with Gasteiger partial charge >= 0.3 is 0 Å². The highest BCUT2D eigenvalue weighted by atomic mass is 32.2. The van der Waals surface area contributed by atoms with Gasteiger partial charge in [0.25, 0.3) is 0 Å². The van der Waals surface area contributed by atoms with Crippen molar-refractivity contribution in [1.82, 2.24) is 0 Å². The lowest BCUT2D eigenvalue weighted by Crippen LogP contribution is -1.78. The molecule has 0 saturated carbocycles. The molecule has 0 unspecified atom stereocenters. The Balaban J connectivity index is 2.74. The van der Waals surface area contributed by atoms with E-state index in [1.807, 2.05) is 0 Å². The van der Waals surface area contributed by atoms with Crippen LogP contribution in [0.15, 0.2) is 29.2 Å². The van der Waals surface area contributed by atoms with Crippen LogP contribution < -0.4 is 0 Å². The van der Waals surface area contributed by atoms with Crippen LogP contribution in [-0.2, 0) is 0 Å². The molecule has 0 amide bonds. The molecule has 0 bridgehead atoms. The van der Waals surface area contributed by atoms with Crippen LogP contribution in [0.25, 0.3) is 0 Å². The Kier molecular flexibility index (Phi) is 3.11. The average molecular weight is 170 g/mol. The van der Waals surface area contributed by atoms with Crippen molar-refractivity contribution >= 4 is 18.0 Å². The van der Waals surface area contributed by atoms with Gasteiger partial charge in [-0.25, -0.2) is 4.39 Å². The van der Waals surface area contributed by atoms with E-state index in [0.717, 1.165) is 22.9 Å². The number of carbonyl (C=O) groups is 1. The second-order valence-corrected chi connectivity index (χ2v) is 2.92. The minimum absolute atomic E-state index is 0.430. The van der Waals surface area contributed by atoms with Crippen molar-refractivity contribution in [2.75, 3.05) is 6.01 Å². The number of halogens is 1. The third-order valence-electron chi connectivity index (χ3n) is 1.24. The van der Waals surface area contributed by atoms with Crippen LogP contribution in [0, 0.1) is 0 Å². The first-order valence-electron chi connectivity index (χ1n) is 3.11. The summed E-state index contributed by atoms with van der Waals surface area (Å²) in [5.74, 6) is 0. The quantitative estimate of drug-likeness (QED) is 0.512. The lowest BCUT2D eigenvalue weighted by molar-refractivity contribution is 0.112. The predicted octanol–water partition coefficient (Wildman–Crippen LogP) is 2.52. The monoisotopic (exact) mass is 170 g/mol. The largest absolute Gasteiger partial charge is 0.298 e. The topological polar surface area (TPSA) is 17.1 Å². The molecule has 58 valence electrons. The number of hydrogen-bond donors (Lipinski definition) is 0. The molecule has 3 heteroatoms. The van der Waals surface area contributed by atoms with Gasteiger partial charge < -0.3 is 0 Å². The summed E-state index contributed by atoms with van der Waals surface area (Å²) in [6, 6.07) is 6.37. The van der Waals surface area contributed by atoms with E-state index in [-0.39, 0.29) is 0 Å². The fourth-order valence-corrected chi connectivity index (χ4v) is 1.16. The molecule has 0 atom stereocenters. The molecule has 11 heavy (non-hydrogen) atoms. The molecule has 1 aromatic carbocycles. The van der Waals surface area contributed by atoms with E-state index in [2.05, 4.69) is 0 Å². The van der Waals surface area contributed by atoms with Crippen molar-refractivity contribution in [2.24, 2.45) is 0 Å². The maximum absolute atomic E-state index is 11.8. The number of thioether (sulfide) groups is 1. The van der Waals surface area contributed by atoms with Gasteiger partial charge in [-0.1, -0.05) is 23.9 Å². The third-order valence-corrected chi connectivity index (χ3v) is 1.95. The molecule has 1 nitrogen and oxygen atoms in total. The van der Waals surface area contributed by atoms with E-state index < -0.39 is 6.01 Å². The van der Waals surface area contributed by atoms with Crippen LogP contribution in [0.5, 0.6) is 0 Å². The Labute approximate surface area is 68.6 Å². The summed E-state index contributed by atoms with van der Waals surface area (Å²) in [6.07, 6.45) is 0.768. The highest BCUT2D eigenvalue weighted by molar-refractivity contribution is 7.99. The lowest BCUT2D eigenvalue weighted by atomic mass is 10.2. The van der Waals surface area contributed by atoms with Gasteiger partial charge in [0.15, 0.2) is 0 Å². The third kappa shape index (κ3) is 2.35. The van der Waals surface area contributed by atoms with Crippen LogP contribution >= 0.6 is 11.8 Å². The van der Waals surface area contributed by atoms with Crippen molar-refractivity contribution in [3.63, 3.8) is 0 Å². The zero-order valence-corrected chi connectivity index (χ0v) is 6.60. The molecular formula is C8H7FOS. The first-order valence-corrected chi connectivity index (χ1v) is 4.09. The molecule has 0 aromatic heterocycles. The van der Waals surface area contributed by atoms with E-state index in [4.69, 9.17) is 0 Å². The van der Waals surface area contributed by atoms with Crippen LogP contribution in [0.1, 0.15) is 10.4 Å². The zero-order chi connectivity index (χ0) is 8.10. The van der Waals surface area contributed by atoms with Crippen molar-refractivity contribution in [1.29, 1.82) is 0 Å². The molecular weight excluding hydrogens is 163 g/mol. The molecule has 0 aliphatic rings. The molecule has 1 rings (SSSR count). The highest BCUT2D eigenvalue weighted by Gasteiger charge is 1.92. The second kappa shape index (κ2) is 4.13. The molecule has 0 radical (unpaired) electrons. The molecule has 0 N–H and O–H groups in total. The van der Waals surface area contributed by atoms with Gasteiger partial charge in [-0.2, -0.15) is 0 Å². The summed E-state index contributed by atoms with van der Waals surface area (Å²) >= 11 is 1.11. The second-order valence-electron chi connectivity index (χ2n) is 1.94. The van der Waals surface area contributed by atoms with Crippen molar-refractivity contribution in [2.45, 2.75) is 4.90 Å². The zero-order valence-electron chi connectivity index (χ0n) is 5.79. The molecule has 0 saturated heterocycles. The number of benzene rings is 1. The Morgan fingerprint density at radius 1 is 1.36 bits per heavy atom. The number of rotatable bonds is 3. The van der Waals surface area contributed by atoms with E-state index in [0.29, 0.717) is 5.56 Å². The summed E-state index contributed by atoms with van der Waals surface area (Å²) in [5.41, 5.74) is 0.619. The smallest absolute Gasteiger partial charge is 0.150 e. The normalized spacial score (nSPS) is 9.55. The first-order chi connectivity index (χ1) is 5.36. The Hall–Kier alpha value is -0.830. The van der Waals surface area contributed by atoms with E-state index in [1.54, 1.807) is 24.3 Å². The van der Waals surface area contributed by atoms with Gasteiger partial charge in [-0.3, -0.25) is 4.79 Å². The van der Waals surface area contributed by atoms with Gasteiger partial charge in [-0.15, -0.1) is 0 Å². The maximum atomic E-state index is 11.8. The summed E-state index contributed by atoms with van der Waals surface area (Å²) in [6.45, 7) is 0.